The van der Waals surface area contributed by atoms with Gasteiger partial charge in [0, 0.05) is 25.9 Å². The Morgan fingerprint density at radius 3 is 2.86 bits per heavy atom. The molecular formula is C21H28FIN4O2. The van der Waals surface area contributed by atoms with Gasteiger partial charge in [-0.25, -0.2) is 9.38 Å². The van der Waals surface area contributed by atoms with Crippen LogP contribution < -0.4 is 15.4 Å². The lowest BCUT2D eigenvalue weighted by Gasteiger charge is -2.24. The predicted octanol–water partition coefficient (Wildman–Crippen LogP) is 4.26. The number of benzene rings is 1. The van der Waals surface area contributed by atoms with Gasteiger partial charge < -0.3 is 20.1 Å². The number of pyridine rings is 1. The molecular weight excluding hydrogens is 486 g/mol. The molecule has 158 valence electrons. The van der Waals surface area contributed by atoms with E-state index in [2.05, 4.69) is 27.5 Å². The molecule has 0 radical (unpaired) electrons. The van der Waals surface area contributed by atoms with Gasteiger partial charge in [0.2, 0.25) is 0 Å². The molecule has 0 saturated carbocycles. The van der Waals surface area contributed by atoms with Crippen LogP contribution in [0.4, 0.5) is 4.39 Å². The summed E-state index contributed by atoms with van der Waals surface area (Å²) in [5.74, 6) is 0.919. The number of aromatic nitrogens is 1. The van der Waals surface area contributed by atoms with Crippen molar-refractivity contribution in [1.82, 2.24) is 15.6 Å². The van der Waals surface area contributed by atoms with E-state index in [0.29, 0.717) is 24.8 Å². The van der Waals surface area contributed by atoms with Gasteiger partial charge in [0.1, 0.15) is 5.75 Å². The SMILES string of the molecule is CCNC(=NCc1ccc(Oc2cccnc2)c(F)c1)NCC1(C)CCCO1.I. The van der Waals surface area contributed by atoms with Crippen molar-refractivity contribution in [1.29, 1.82) is 0 Å². The van der Waals surface area contributed by atoms with Gasteiger partial charge in [-0.1, -0.05) is 6.07 Å². The molecule has 2 N–H and O–H groups in total. The quantitative estimate of drug-likeness (QED) is 0.329. The molecule has 1 aromatic heterocycles. The maximum atomic E-state index is 14.4. The number of ether oxygens (including phenoxy) is 2. The van der Waals surface area contributed by atoms with E-state index in [9.17, 15) is 4.39 Å². The van der Waals surface area contributed by atoms with Gasteiger partial charge in [0.25, 0.3) is 0 Å². The van der Waals surface area contributed by atoms with Crippen molar-refractivity contribution in [3.63, 3.8) is 0 Å². The van der Waals surface area contributed by atoms with Crippen LogP contribution in [0.25, 0.3) is 0 Å². The van der Waals surface area contributed by atoms with Crippen LogP contribution in [0.1, 0.15) is 32.3 Å². The monoisotopic (exact) mass is 514 g/mol. The zero-order chi connectivity index (χ0) is 19.8. The highest BCUT2D eigenvalue weighted by molar-refractivity contribution is 14.0. The molecule has 1 unspecified atom stereocenters. The van der Waals surface area contributed by atoms with Gasteiger partial charge >= 0.3 is 0 Å². The summed E-state index contributed by atoms with van der Waals surface area (Å²) in [7, 11) is 0. The Balaban J connectivity index is 0.00000300. The molecule has 6 nitrogen and oxygen atoms in total. The summed E-state index contributed by atoms with van der Waals surface area (Å²) in [6, 6.07) is 8.33. The van der Waals surface area contributed by atoms with Crippen molar-refractivity contribution in [2.45, 2.75) is 38.8 Å². The Labute approximate surface area is 188 Å². The molecule has 3 rings (SSSR count). The number of nitrogens with one attached hydrogen (secondary N) is 2. The van der Waals surface area contributed by atoms with E-state index in [-0.39, 0.29) is 35.3 Å². The minimum absolute atomic E-state index is 0. The molecule has 29 heavy (non-hydrogen) atoms. The highest BCUT2D eigenvalue weighted by Crippen LogP contribution is 2.25. The lowest BCUT2D eigenvalue weighted by Crippen LogP contribution is -2.45. The Morgan fingerprint density at radius 1 is 1.34 bits per heavy atom. The number of aliphatic imine (C=N–C) groups is 1. The molecule has 8 heteroatoms. The number of halogens is 2. The molecule has 0 aliphatic carbocycles. The van der Waals surface area contributed by atoms with Crippen molar-refractivity contribution in [2.75, 3.05) is 19.7 Å². The summed E-state index contributed by atoms with van der Waals surface area (Å²) in [6.45, 7) is 6.71. The van der Waals surface area contributed by atoms with Gasteiger partial charge in [-0.05, 0) is 56.5 Å². The van der Waals surface area contributed by atoms with E-state index in [1.807, 2.05) is 13.0 Å². The first-order valence-electron chi connectivity index (χ1n) is 9.60. The van der Waals surface area contributed by atoms with E-state index in [0.717, 1.165) is 31.6 Å². The van der Waals surface area contributed by atoms with Crippen LogP contribution >= 0.6 is 24.0 Å². The molecule has 1 aromatic carbocycles. The molecule has 1 aliphatic heterocycles. The zero-order valence-electron chi connectivity index (χ0n) is 16.8. The molecule has 1 fully saturated rings. The summed E-state index contributed by atoms with van der Waals surface area (Å²) >= 11 is 0. The standard InChI is InChI=1S/C21H27FN4O2.HI/c1-3-24-20(26-15-21(2)9-5-11-27-21)25-13-16-7-8-19(18(22)12-16)28-17-6-4-10-23-14-17;/h4,6-8,10,12,14H,3,5,9,11,13,15H2,1-2H3,(H2,24,25,26);1H. The lowest BCUT2D eigenvalue weighted by molar-refractivity contribution is 0.0243. The van der Waals surface area contributed by atoms with Crippen LogP contribution in [-0.2, 0) is 11.3 Å². The number of hydrogen-bond donors (Lipinski definition) is 2. The van der Waals surface area contributed by atoms with Crippen molar-refractivity contribution in [3.05, 3.63) is 54.1 Å². The summed E-state index contributed by atoms with van der Waals surface area (Å²) in [4.78, 5) is 8.51. The highest BCUT2D eigenvalue weighted by Gasteiger charge is 2.29. The first-order valence-corrected chi connectivity index (χ1v) is 9.60. The normalized spacial score (nSPS) is 18.8. The smallest absolute Gasteiger partial charge is 0.191 e. The first-order chi connectivity index (χ1) is 13.6. The Bertz CT molecular complexity index is 799. The van der Waals surface area contributed by atoms with E-state index in [1.54, 1.807) is 30.6 Å². The number of hydrogen-bond acceptors (Lipinski definition) is 4. The number of rotatable bonds is 7. The van der Waals surface area contributed by atoms with Gasteiger partial charge in [0.05, 0.1) is 18.3 Å². The van der Waals surface area contributed by atoms with Crippen molar-refractivity contribution in [2.24, 2.45) is 4.99 Å². The third-order valence-electron chi connectivity index (χ3n) is 4.55. The van der Waals surface area contributed by atoms with Crippen LogP contribution in [0.15, 0.2) is 47.7 Å². The van der Waals surface area contributed by atoms with Crippen LogP contribution in [0.5, 0.6) is 11.5 Å². The van der Waals surface area contributed by atoms with Gasteiger partial charge in [-0.15, -0.1) is 24.0 Å². The van der Waals surface area contributed by atoms with E-state index in [1.165, 1.54) is 6.07 Å². The molecule has 0 amide bonds. The van der Waals surface area contributed by atoms with Crippen LogP contribution in [-0.4, -0.2) is 36.2 Å². The van der Waals surface area contributed by atoms with Crippen molar-refractivity contribution < 1.29 is 13.9 Å². The van der Waals surface area contributed by atoms with Crippen molar-refractivity contribution in [3.8, 4) is 11.5 Å². The van der Waals surface area contributed by atoms with E-state index >= 15 is 0 Å². The Kier molecular flexibility index (Phi) is 9.09. The maximum absolute atomic E-state index is 14.4. The maximum Gasteiger partial charge on any atom is 0.191 e. The molecule has 1 atom stereocenters. The molecule has 2 heterocycles. The molecule has 0 spiro atoms. The average molecular weight is 514 g/mol. The third kappa shape index (κ3) is 7.11. The second kappa shape index (κ2) is 11.3. The second-order valence-corrected chi connectivity index (χ2v) is 7.01. The molecule has 0 bridgehead atoms. The predicted molar refractivity (Wildman–Crippen MR) is 123 cm³/mol. The van der Waals surface area contributed by atoms with Gasteiger partial charge in [0.15, 0.2) is 17.5 Å². The average Bonchev–Trinajstić information content (AvgIpc) is 3.14. The highest BCUT2D eigenvalue weighted by atomic mass is 127. The van der Waals surface area contributed by atoms with E-state index in [4.69, 9.17) is 9.47 Å². The second-order valence-electron chi connectivity index (χ2n) is 7.01. The zero-order valence-corrected chi connectivity index (χ0v) is 19.1. The van der Waals surface area contributed by atoms with Gasteiger partial charge in [-0.3, -0.25) is 4.98 Å². The fourth-order valence-corrected chi connectivity index (χ4v) is 3.02. The Hall–Kier alpha value is -1.94. The molecule has 2 aromatic rings. The van der Waals surface area contributed by atoms with Gasteiger partial charge in [-0.2, -0.15) is 0 Å². The fourth-order valence-electron chi connectivity index (χ4n) is 3.02. The molecule has 1 saturated heterocycles. The number of guanidine groups is 1. The minimum Gasteiger partial charge on any atom is -0.453 e. The first kappa shape index (κ1) is 23.3. The largest absolute Gasteiger partial charge is 0.453 e. The fraction of sp³-hybridized carbons (Fsp3) is 0.429. The van der Waals surface area contributed by atoms with Crippen LogP contribution in [0.2, 0.25) is 0 Å². The third-order valence-corrected chi connectivity index (χ3v) is 4.55. The topological polar surface area (TPSA) is 67.8 Å². The Morgan fingerprint density at radius 2 is 2.21 bits per heavy atom. The number of nitrogens with zero attached hydrogens (tertiary/aromatic N) is 2. The minimum atomic E-state index is -0.429. The van der Waals surface area contributed by atoms with Crippen LogP contribution in [0.3, 0.4) is 0 Å². The van der Waals surface area contributed by atoms with Crippen LogP contribution in [0, 0.1) is 5.82 Å². The summed E-state index contributed by atoms with van der Waals surface area (Å²) in [5, 5.41) is 6.53. The summed E-state index contributed by atoms with van der Waals surface area (Å²) in [6.07, 6.45) is 5.29. The summed E-state index contributed by atoms with van der Waals surface area (Å²) < 4.78 is 25.7. The lowest BCUT2D eigenvalue weighted by atomic mass is 10.0. The summed E-state index contributed by atoms with van der Waals surface area (Å²) in [5.41, 5.74) is 0.602. The van der Waals surface area contributed by atoms with Crippen molar-refractivity contribution >= 4 is 29.9 Å². The van der Waals surface area contributed by atoms with E-state index < -0.39 is 5.82 Å². The molecule has 1 aliphatic rings.